The number of carbonyl (C=O) groups excluding carboxylic acids is 2. The van der Waals surface area contributed by atoms with Crippen molar-refractivity contribution < 1.29 is 14.3 Å². The van der Waals surface area contributed by atoms with Crippen LogP contribution in [0.4, 0.5) is 11.4 Å². The maximum absolute atomic E-state index is 12.8. The van der Waals surface area contributed by atoms with E-state index in [1.165, 1.54) is 0 Å². The summed E-state index contributed by atoms with van der Waals surface area (Å²) in [5, 5.41) is 5.75. The molecule has 5 heteroatoms. The van der Waals surface area contributed by atoms with Crippen LogP contribution < -0.4 is 15.4 Å². The molecule has 2 amide bonds. The number of para-hydroxylation sites is 2. The number of benzene rings is 3. The predicted molar refractivity (Wildman–Crippen MR) is 120 cm³/mol. The molecule has 0 saturated heterocycles. The number of ether oxygens (including phenoxy) is 1. The summed E-state index contributed by atoms with van der Waals surface area (Å²) < 4.78 is 5.81. The van der Waals surface area contributed by atoms with E-state index in [2.05, 4.69) is 10.6 Å². The number of nitrogens with one attached hydrogen (secondary N) is 2. The number of anilines is 2. The molecule has 0 aliphatic rings. The van der Waals surface area contributed by atoms with Crippen LogP contribution in [0.3, 0.4) is 0 Å². The third-order valence-corrected chi connectivity index (χ3v) is 4.88. The summed E-state index contributed by atoms with van der Waals surface area (Å²) in [6, 6.07) is 21.9. The minimum atomic E-state index is -0.664. The van der Waals surface area contributed by atoms with Crippen LogP contribution in [-0.4, -0.2) is 17.9 Å². The number of hydrogen-bond donors (Lipinski definition) is 2. The van der Waals surface area contributed by atoms with Crippen molar-refractivity contribution in [2.45, 2.75) is 33.3 Å². The van der Waals surface area contributed by atoms with Crippen LogP contribution >= 0.6 is 0 Å². The van der Waals surface area contributed by atoms with Gasteiger partial charge in [0.05, 0.1) is 11.3 Å². The van der Waals surface area contributed by atoms with Gasteiger partial charge in [0.1, 0.15) is 5.75 Å². The molecule has 0 aromatic heterocycles. The molecule has 30 heavy (non-hydrogen) atoms. The molecule has 3 aromatic carbocycles. The molecule has 2 N–H and O–H groups in total. The molecule has 0 saturated carbocycles. The first-order valence-corrected chi connectivity index (χ1v) is 9.98. The standard InChI is InChI=1S/C25H26N2O3/c1-4-23(30-20-10-6-5-7-11-20)25(29)27-22-13-9-8-12-21(22)24(28)26-19-15-14-17(2)18(3)16-19/h5-16,23H,4H2,1-3H3,(H,26,28)(H,27,29). The summed E-state index contributed by atoms with van der Waals surface area (Å²) in [6.07, 6.45) is -0.166. The highest BCUT2D eigenvalue weighted by Gasteiger charge is 2.21. The second-order valence-corrected chi connectivity index (χ2v) is 7.12. The first-order valence-electron chi connectivity index (χ1n) is 9.98. The second kappa shape index (κ2) is 9.74. The third kappa shape index (κ3) is 5.26. The number of carbonyl (C=O) groups is 2. The van der Waals surface area contributed by atoms with Crippen molar-refractivity contribution in [3.63, 3.8) is 0 Å². The number of hydrogen-bond acceptors (Lipinski definition) is 3. The molecule has 0 aliphatic carbocycles. The Morgan fingerprint density at radius 3 is 2.27 bits per heavy atom. The lowest BCUT2D eigenvalue weighted by Gasteiger charge is -2.18. The molecule has 154 valence electrons. The van der Waals surface area contributed by atoms with Gasteiger partial charge >= 0.3 is 0 Å². The summed E-state index contributed by atoms with van der Waals surface area (Å²) in [4.78, 5) is 25.6. The van der Waals surface area contributed by atoms with Crippen molar-refractivity contribution >= 4 is 23.2 Å². The molecule has 0 bridgehead atoms. The van der Waals surface area contributed by atoms with Gasteiger partial charge in [-0.25, -0.2) is 0 Å². The van der Waals surface area contributed by atoms with Gasteiger partial charge in [-0.1, -0.05) is 43.3 Å². The molecule has 0 fully saturated rings. The van der Waals surface area contributed by atoms with E-state index in [-0.39, 0.29) is 11.8 Å². The van der Waals surface area contributed by atoms with Gasteiger partial charge in [-0.15, -0.1) is 0 Å². The lowest BCUT2D eigenvalue weighted by Crippen LogP contribution is -2.33. The summed E-state index contributed by atoms with van der Waals surface area (Å²) in [6.45, 7) is 5.90. The molecule has 0 aliphatic heterocycles. The molecule has 0 radical (unpaired) electrons. The minimum absolute atomic E-state index is 0.286. The van der Waals surface area contributed by atoms with E-state index >= 15 is 0 Å². The summed E-state index contributed by atoms with van der Waals surface area (Å²) in [5.74, 6) is 0.0410. The second-order valence-electron chi connectivity index (χ2n) is 7.12. The van der Waals surface area contributed by atoms with Crippen molar-refractivity contribution in [2.75, 3.05) is 10.6 Å². The highest BCUT2D eigenvalue weighted by atomic mass is 16.5. The van der Waals surface area contributed by atoms with Crippen LogP contribution in [0, 0.1) is 13.8 Å². The fourth-order valence-electron chi connectivity index (χ4n) is 3.01. The Hall–Kier alpha value is -3.60. The summed E-state index contributed by atoms with van der Waals surface area (Å²) >= 11 is 0. The van der Waals surface area contributed by atoms with Crippen LogP contribution in [0.5, 0.6) is 5.75 Å². The van der Waals surface area contributed by atoms with Crippen molar-refractivity contribution in [1.29, 1.82) is 0 Å². The monoisotopic (exact) mass is 402 g/mol. The van der Waals surface area contributed by atoms with Crippen LogP contribution in [-0.2, 0) is 4.79 Å². The smallest absolute Gasteiger partial charge is 0.265 e. The largest absolute Gasteiger partial charge is 0.481 e. The zero-order valence-electron chi connectivity index (χ0n) is 17.4. The van der Waals surface area contributed by atoms with Crippen LogP contribution in [0.15, 0.2) is 72.8 Å². The number of rotatable bonds is 7. The van der Waals surface area contributed by atoms with E-state index in [1.54, 1.807) is 36.4 Å². The maximum Gasteiger partial charge on any atom is 0.265 e. The molecular weight excluding hydrogens is 376 g/mol. The van der Waals surface area contributed by atoms with Gasteiger partial charge in [0.15, 0.2) is 6.10 Å². The van der Waals surface area contributed by atoms with Gasteiger partial charge in [-0.05, 0) is 67.8 Å². The Morgan fingerprint density at radius 1 is 0.867 bits per heavy atom. The Morgan fingerprint density at radius 2 is 1.57 bits per heavy atom. The van der Waals surface area contributed by atoms with E-state index in [0.717, 1.165) is 11.1 Å². The first-order chi connectivity index (χ1) is 14.5. The van der Waals surface area contributed by atoms with Crippen molar-refractivity contribution in [2.24, 2.45) is 0 Å². The van der Waals surface area contributed by atoms with Gasteiger partial charge < -0.3 is 15.4 Å². The van der Waals surface area contributed by atoms with Crippen LogP contribution in [0.25, 0.3) is 0 Å². The van der Waals surface area contributed by atoms with E-state index < -0.39 is 6.10 Å². The number of aryl methyl sites for hydroxylation is 2. The van der Waals surface area contributed by atoms with Crippen molar-refractivity contribution in [3.8, 4) is 5.75 Å². The molecular formula is C25H26N2O3. The van der Waals surface area contributed by atoms with E-state index in [0.29, 0.717) is 29.1 Å². The van der Waals surface area contributed by atoms with Crippen LogP contribution in [0.2, 0.25) is 0 Å². The predicted octanol–water partition coefficient (Wildman–Crippen LogP) is 5.35. The highest BCUT2D eigenvalue weighted by Crippen LogP contribution is 2.20. The van der Waals surface area contributed by atoms with Gasteiger partial charge in [0, 0.05) is 5.69 Å². The molecule has 0 spiro atoms. The Bertz CT molecular complexity index is 1030. The Balaban J connectivity index is 1.74. The average Bonchev–Trinajstić information content (AvgIpc) is 2.75. The number of amides is 2. The van der Waals surface area contributed by atoms with Gasteiger partial charge in [-0.3, -0.25) is 9.59 Å². The highest BCUT2D eigenvalue weighted by molar-refractivity contribution is 6.10. The molecule has 3 rings (SSSR count). The fourth-order valence-corrected chi connectivity index (χ4v) is 3.01. The Kier molecular flexibility index (Phi) is 6.86. The Labute approximate surface area is 177 Å². The quantitative estimate of drug-likeness (QED) is 0.560. The maximum atomic E-state index is 12.8. The summed E-state index contributed by atoms with van der Waals surface area (Å²) in [5.41, 5.74) is 3.79. The molecule has 5 nitrogen and oxygen atoms in total. The lowest BCUT2D eigenvalue weighted by molar-refractivity contribution is -0.122. The SMILES string of the molecule is CCC(Oc1ccccc1)C(=O)Nc1ccccc1C(=O)Nc1ccc(C)c(C)c1. The van der Waals surface area contributed by atoms with E-state index in [1.807, 2.05) is 57.2 Å². The topological polar surface area (TPSA) is 67.4 Å². The third-order valence-electron chi connectivity index (χ3n) is 4.88. The average molecular weight is 402 g/mol. The zero-order chi connectivity index (χ0) is 21.5. The molecule has 1 atom stereocenters. The molecule has 3 aromatic rings. The first kappa shape index (κ1) is 21.1. The van der Waals surface area contributed by atoms with Gasteiger partial charge in [0.2, 0.25) is 0 Å². The molecule has 0 heterocycles. The van der Waals surface area contributed by atoms with Crippen LogP contribution in [0.1, 0.15) is 34.8 Å². The van der Waals surface area contributed by atoms with Gasteiger partial charge in [0.25, 0.3) is 11.8 Å². The fraction of sp³-hybridized carbons (Fsp3) is 0.200. The summed E-state index contributed by atoms with van der Waals surface area (Å²) in [7, 11) is 0. The minimum Gasteiger partial charge on any atom is -0.481 e. The molecule has 1 unspecified atom stereocenters. The van der Waals surface area contributed by atoms with E-state index in [4.69, 9.17) is 4.74 Å². The zero-order valence-corrected chi connectivity index (χ0v) is 17.4. The van der Waals surface area contributed by atoms with Gasteiger partial charge in [-0.2, -0.15) is 0 Å². The lowest BCUT2D eigenvalue weighted by atomic mass is 10.1. The van der Waals surface area contributed by atoms with Crippen molar-refractivity contribution in [3.05, 3.63) is 89.5 Å². The van der Waals surface area contributed by atoms with E-state index in [9.17, 15) is 9.59 Å². The normalized spacial score (nSPS) is 11.4. The van der Waals surface area contributed by atoms with Crippen molar-refractivity contribution in [1.82, 2.24) is 0 Å².